The Labute approximate surface area is 107 Å². The Morgan fingerprint density at radius 3 is 3.00 bits per heavy atom. The maximum atomic E-state index is 5.50. The number of rotatable bonds is 4. The summed E-state index contributed by atoms with van der Waals surface area (Å²) in [4.78, 5) is 0. The van der Waals surface area contributed by atoms with E-state index in [0.717, 1.165) is 24.2 Å². The number of aryl methyl sites for hydroxylation is 3. The maximum absolute atomic E-state index is 5.50. The molecule has 2 aromatic rings. The zero-order chi connectivity index (χ0) is 12.4. The number of nitrogens with zero attached hydrogens (tertiary/aromatic N) is 3. The van der Waals surface area contributed by atoms with E-state index in [-0.39, 0.29) is 0 Å². The molecule has 1 aromatic carbocycles. The lowest BCUT2D eigenvalue weighted by Crippen LogP contribution is -2.00. The zero-order valence-electron chi connectivity index (χ0n) is 10.5. The predicted octanol–water partition coefficient (Wildman–Crippen LogP) is 1.65. The van der Waals surface area contributed by atoms with Crippen molar-refractivity contribution < 1.29 is 0 Å². The van der Waals surface area contributed by atoms with Gasteiger partial charge >= 0.3 is 0 Å². The molecule has 18 heavy (non-hydrogen) atoms. The van der Waals surface area contributed by atoms with Crippen LogP contribution in [0.25, 0.3) is 5.69 Å². The number of hydrogen-bond acceptors (Lipinski definition) is 3. The van der Waals surface area contributed by atoms with Crippen LogP contribution in [0.15, 0.2) is 24.4 Å². The van der Waals surface area contributed by atoms with E-state index >= 15 is 0 Å². The van der Waals surface area contributed by atoms with Gasteiger partial charge in [-0.05, 0) is 61.9 Å². The molecular formula is C14H18N4. The van der Waals surface area contributed by atoms with Crippen molar-refractivity contribution in [2.75, 3.05) is 6.54 Å². The Kier molecular flexibility index (Phi) is 3.11. The van der Waals surface area contributed by atoms with Gasteiger partial charge in [-0.2, -0.15) is 0 Å². The Bertz CT molecular complexity index is 544. The summed E-state index contributed by atoms with van der Waals surface area (Å²) in [6.45, 7) is 0.700. The molecule has 1 aliphatic rings. The van der Waals surface area contributed by atoms with Gasteiger partial charge < -0.3 is 5.73 Å². The van der Waals surface area contributed by atoms with Gasteiger partial charge in [-0.25, -0.2) is 4.68 Å². The minimum atomic E-state index is 0.700. The molecule has 0 saturated heterocycles. The van der Waals surface area contributed by atoms with Crippen molar-refractivity contribution in [3.63, 3.8) is 0 Å². The minimum Gasteiger partial charge on any atom is -0.330 e. The first-order valence-electron chi connectivity index (χ1n) is 6.60. The molecule has 0 unspecified atom stereocenters. The van der Waals surface area contributed by atoms with Crippen LogP contribution < -0.4 is 5.73 Å². The molecule has 2 N–H and O–H groups in total. The summed E-state index contributed by atoms with van der Waals surface area (Å²) in [5.41, 5.74) is 10.6. The number of fused-ring (bicyclic) bond motifs is 1. The molecule has 0 atom stereocenters. The van der Waals surface area contributed by atoms with Crippen molar-refractivity contribution >= 4 is 0 Å². The van der Waals surface area contributed by atoms with Crippen LogP contribution in [0.2, 0.25) is 0 Å². The monoisotopic (exact) mass is 242 g/mol. The van der Waals surface area contributed by atoms with Crippen LogP contribution in [0.4, 0.5) is 0 Å². The third kappa shape index (κ3) is 2.16. The third-order valence-corrected chi connectivity index (χ3v) is 3.52. The van der Waals surface area contributed by atoms with E-state index in [1.54, 1.807) is 0 Å². The highest BCUT2D eigenvalue weighted by Gasteiger charge is 2.12. The summed E-state index contributed by atoms with van der Waals surface area (Å²) in [6, 6.07) is 6.59. The second-order valence-corrected chi connectivity index (χ2v) is 4.85. The smallest absolute Gasteiger partial charge is 0.0832 e. The van der Waals surface area contributed by atoms with E-state index in [9.17, 15) is 0 Å². The average Bonchev–Trinajstić information content (AvgIpc) is 3.04. The van der Waals surface area contributed by atoms with E-state index < -0.39 is 0 Å². The standard InChI is InChI=1S/C14H18N4/c15-8-2-5-13-10-18(17-16-13)14-7-6-11-3-1-4-12(11)9-14/h6-7,9-10H,1-5,8,15H2. The molecule has 1 heterocycles. The Morgan fingerprint density at radius 1 is 1.22 bits per heavy atom. The van der Waals surface area contributed by atoms with Crippen molar-refractivity contribution in [3.8, 4) is 5.69 Å². The minimum absolute atomic E-state index is 0.700. The highest BCUT2D eigenvalue weighted by atomic mass is 15.4. The molecule has 4 nitrogen and oxygen atoms in total. The maximum Gasteiger partial charge on any atom is 0.0832 e. The molecule has 4 heteroatoms. The average molecular weight is 242 g/mol. The van der Waals surface area contributed by atoms with Crippen molar-refractivity contribution in [2.45, 2.75) is 32.1 Å². The molecule has 0 amide bonds. The predicted molar refractivity (Wildman–Crippen MR) is 70.8 cm³/mol. The van der Waals surface area contributed by atoms with Gasteiger partial charge in [0.1, 0.15) is 0 Å². The van der Waals surface area contributed by atoms with Crippen molar-refractivity contribution in [1.29, 1.82) is 0 Å². The van der Waals surface area contributed by atoms with Gasteiger partial charge in [0, 0.05) is 0 Å². The van der Waals surface area contributed by atoms with Crippen LogP contribution in [-0.4, -0.2) is 21.5 Å². The fourth-order valence-corrected chi connectivity index (χ4v) is 2.52. The third-order valence-electron chi connectivity index (χ3n) is 3.52. The fraction of sp³-hybridized carbons (Fsp3) is 0.429. The van der Waals surface area contributed by atoms with Crippen LogP contribution in [0, 0.1) is 0 Å². The largest absolute Gasteiger partial charge is 0.330 e. The molecule has 0 aliphatic heterocycles. The Hall–Kier alpha value is -1.68. The van der Waals surface area contributed by atoms with E-state index in [2.05, 4.69) is 28.5 Å². The lowest BCUT2D eigenvalue weighted by atomic mass is 10.1. The molecule has 1 aliphatic carbocycles. The lowest BCUT2D eigenvalue weighted by Gasteiger charge is -2.03. The summed E-state index contributed by atoms with van der Waals surface area (Å²) in [5, 5.41) is 8.37. The second-order valence-electron chi connectivity index (χ2n) is 4.85. The van der Waals surface area contributed by atoms with Crippen LogP contribution in [0.1, 0.15) is 29.7 Å². The zero-order valence-corrected chi connectivity index (χ0v) is 10.5. The molecule has 0 fully saturated rings. The van der Waals surface area contributed by atoms with E-state index in [1.807, 2.05) is 10.9 Å². The van der Waals surface area contributed by atoms with Crippen molar-refractivity contribution in [1.82, 2.24) is 15.0 Å². The van der Waals surface area contributed by atoms with E-state index in [0.29, 0.717) is 6.54 Å². The van der Waals surface area contributed by atoms with Gasteiger partial charge in [0.05, 0.1) is 17.6 Å². The van der Waals surface area contributed by atoms with E-state index in [4.69, 9.17) is 5.73 Å². The Balaban J connectivity index is 1.83. The van der Waals surface area contributed by atoms with Gasteiger partial charge in [0.15, 0.2) is 0 Å². The number of hydrogen-bond donors (Lipinski definition) is 1. The Morgan fingerprint density at radius 2 is 2.11 bits per heavy atom. The summed E-state index contributed by atoms with van der Waals surface area (Å²) in [6.07, 6.45) is 7.56. The summed E-state index contributed by atoms with van der Waals surface area (Å²) < 4.78 is 1.87. The van der Waals surface area contributed by atoms with Gasteiger partial charge in [-0.1, -0.05) is 11.3 Å². The highest BCUT2D eigenvalue weighted by molar-refractivity contribution is 5.42. The first-order valence-corrected chi connectivity index (χ1v) is 6.60. The first kappa shape index (κ1) is 11.4. The lowest BCUT2D eigenvalue weighted by molar-refractivity contribution is 0.778. The molecular weight excluding hydrogens is 224 g/mol. The molecule has 0 radical (unpaired) electrons. The van der Waals surface area contributed by atoms with Crippen LogP contribution in [-0.2, 0) is 19.3 Å². The normalized spacial score (nSPS) is 13.8. The van der Waals surface area contributed by atoms with Crippen LogP contribution >= 0.6 is 0 Å². The number of aromatic nitrogens is 3. The van der Waals surface area contributed by atoms with Gasteiger partial charge in [0.2, 0.25) is 0 Å². The van der Waals surface area contributed by atoms with Crippen LogP contribution in [0.3, 0.4) is 0 Å². The quantitative estimate of drug-likeness (QED) is 0.887. The molecule has 0 bridgehead atoms. The summed E-state index contributed by atoms with van der Waals surface area (Å²) in [7, 11) is 0. The first-order chi connectivity index (χ1) is 8.86. The topological polar surface area (TPSA) is 56.7 Å². The van der Waals surface area contributed by atoms with Crippen LogP contribution in [0.5, 0.6) is 0 Å². The van der Waals surface area contributed by atoms with Gasteiger partial charge in [0.25, 0.3) is 0 Å². The SMILES string of the molecule is NCCCc1cn(-c2ccc3c(c2)CCC3)nn1. The molecule has 94 valence electrons. The number of benzene rings is 1. The molecule has 1 aromatic heterocycles. The van der Waals surface area contributed by atoms with Gasteiger partial charge in [-0.15, -0.1) is 5.10 Å². The second kappa shape index (κ2) is 4.90. The number of nitrogens with two attached hydrogens (primary N) is 1. The summed E-state index contributed by atoms with van der Waals surface area (Å²) >= 11 is 0. The van der Waals surface area contributed by atoms with Crippen molar-refractivity contribution in [3.05, 3.63) is 41.2 Å². The molecule has 0 saturated carbocycles. The van der Waals surface area contributed by atoms with Crippen molar-refractivity contribution in [2.24, 2.45) is 5.73 Å². The van der Waals surface area contributed by atoms with Gasteiger partial charge in [-0.3, -0.25) is 0 Å². The van der Waals surface area contributed by atoms with E-state index in [1.165, 1.54) is 30.4 Å². The highest BCUT2D eigenvalue weighted by Crippen LogP contribution is 2.24. The molecule has 0 spiro atoms. The summed E-state index contributed by atoms with van der Waals surface area (Å²) in [5.74, 6) is 0. The fourth-order valence-electron chi connectivity index (χ4n) is 2.52. The molecule has 3 rings (SSSR count).